The maximum absolute atomic E-state index is 2.43. The molecule has 2 heteroatoms. The van der Waals surface area contributed by atoms with Gasteiger partial charge < -0.3 is 4.90 Å². The molecule has 0 N–H and O–H groups in total. The SMILES string of the molecule is CC1(C)c2cc3ccccc3cc2-c2c1c1ccc(N(c3ccccc3)c3ccc([Si](C)(C)C)cc3)cc1c1ccccc21. The van der Waals surface area contributed by atoms with Crippen LogP contribution < -0.4 is 10.1 Å². The molecule has 0 saturated carbocycles. The molecule has 0 unspecified atom stereocenters. The maximum atomic E-state index is 2.43. The van der Waals surface area contributed by atoms with Crippen molar-refractivity contribution < 1.29 is 0 Å². The number of rotatable bonds is 4. The fourth-order valence-electron chi connectivity index (χ4n) is 7.48. The summed E-state index contributed by atoms with van der Waals surface area (Å²) in [5.41, 5.74) is 9.03. The Labute approximate surface area is 261 Å². The Balaban J connectivity index is 1.39. The van der Waals surface area contributed by atoms with Crippen molar-refractivity contribution in [1.82, 2.24) is 0 Å². The second kappa shape index (κ2) is 9.67. The monoisotopic (exact) mass is 583 g/mol. The molecule has 44 heavy (non-hydrogen) atoms. The van der Waals surface area contributed by atoms with E-state index in [1.54, 1.807) is 0 Å². The molecule has 0 saturated heterocycles. The van der Waals surface area contributed by atoms with Crippen molar-refractivity contribution in [2.45, 2.75) is 38.9 Å². The van der Waals surface area contributed by atoms with Gasteiger partial charge in [0.15, 0.2) is 0 Å². The third-order valence-electron chi connectivity index (χ3n) is 9.73. The molecule has 1 aliphatic rings. The summed E-state index contributed by atoms with van der Waals surface area (Å²) in [6.45, 7) is 12.0. The van der Waals surface area contributed by atoms with E-state index < -0.39 is 8.07 Å². The quantitative estimate of drug-likeness (QED) is 0.147. The normalized spacial score (nSPS) is 13.8. The molecule has 0 aliphatic heterocycles. The molecule has 214 valence electrons. The van der Waals surface area contributed by atoms with Crippen molar-refractivity contribution in [2.75, 3.05) is 4.90 Å². The Morgan fingerprint density at radius 2 is 1.09 bits per heavy atom. The zero-order valence-electron chi connectivity index (χ0n) is 26.1. The van der Waals surface area contributed by atoms with Crippen LogP contribution in [0.5, 0.6) is 0 Å². The van der Waals surface area contributed by atoms with Gasteiger partial charge in [-0.05, 0) is 103 Å². The van der Waals surface area contributed by atoms with Crippen LogP contribution in [0.2, 0.25) is 19.6 Å². The van der Waals surface area contributed by atoms with Crippen molar-refractivity contribution in [3.05, 3.63) is 145 Å². The summed E-state index contributed by atoms with van der Waals surface area (Å²) < 4.78 is 0. The van der Waals surface area contributed by atoms with Gasteiger partial charge >= 0.3 is 0 Å². The minimum atomic E-state index is -1.40. The van der Waals surface area contributed by atoms with Crippen molar-refractivity contribution in [2.24, 2.45) is 0 Å². The van der Waals surface area contributed by atoms with Crippen molar-refractivity contribution in [1.29, 1.82) is 0 Å². The topological polar surface area (TPSA) is 3.24 Å². The molecule has 1 aliphatic carbocycles. The second-order valence-electron chi connectivity index (χ2n) is 13.9. The van der Waals surface area contributed by atoms with E-state index in [0.717, 1.165) is 5.69 Å². The predicted octanol–water partition coefficient (Wildman–Crippen LogP) is 11.5. The number of hydrogen-bond donors (Lipinski definition) is 0. The number of para-hydroxylation sites is 1. The van der Waals surface area contributed by atoms with Crippen LogP contribution in [0, 0.1) is 0 Å². The third kappa shape index (κ3) is 4.05. The standard InChI is InChI=1S/C42H37NSi/c1-42(2)39-26-29-14-10-9-13-28(29)25-38(39)40-35-18-12-11-17-34(35)37-27-32(21-24-36(37)41(40)42)43(30-15-7-6-8-16-30)31-19-22-33(23-20-31)44(3,4)5/h6-27H,1-5H3. The van der Waals surface area contributed by atoms with Gasteiger partial charge in [-0.3, -0.25) is 0 Å². The summed E-state index contributed by atoms with van der Waals surface area (Å²) >= 11 is 0. The largest absolute Gasteiger partial charge is 0.310 e. The molecule has 0 heterocycles. The molecule has 0 spiro atoms. The van der Waals surface area contributed by atoms with E-state index in [1.807, 2.05) is 0 Å². The van der Waals surface area contributed by atoms with Gasteiger partial charge in [-0.2, -0.15) is 0 Å². The molecule has 8 rings (SSSR count). The van der Waals surface area contributed by atoms with E-state index in [2.05, 4.69) is 172 Å². The lowest BCUT2D eigenvalue weighted by Gasteiger charge is -2.28. The first kappa shape index (κ1) is 26.9. The van der Waals surface area contributed by atoms with Crippen molar-refractivity contribution >= 4 is 62.6 Å². The van der Waals surface area contributed by atoms with Crippen molar-refractivity contribution in [3.8, 4) is 11.1 Å². The van der Waals surface area contributed by atoms with E-state index in [4.69, 9.17) is 0 Å². The Morgan fingerprint density at radius 3 is 1.80 bits per heavy atom. The molecule has 0 radical (unpaired) electrons. The maximum Gasteiger partial charge on any atom is 0.0775 e. The smallest absolute Gasteiger partial charge is 0.0775 e. The molecular formula is C42H37NSi. The summed E-state index contributed by atoms with van der Waals surface area (Å²) in [4.78, 5) is 2.40. The molecule has 7 aromatic carbocycles. The van der Waals surface area contributed by atoms with Crippen LogP contribution in [0.3, 0.4) is 0 Å². The average Bonchev–Trinajstić information content (AvgIpc) is 3.26. The first-order valence-corrected chi connectivity index (χ1v) is 19.2. The van der Waals surface area contributed by atoms with Crippen molar-refractivity contribution in [3.63, 3.8) is 0 Å². The summed E-state index contributed by atoms with van der Waals surface area (Å²) in [5, 5.41) is 9.37. The molecule has 0 amide bonds. The highest BCUT2D eigenvalue weighted by Gasteiger charge is 2.38. The second-order valence-corrected chi connectivity index (χ2v) is 18.9. The fraction of sp³-hybridized carbons (Fsp3) is 0.143. The number of fused-ring (bicyclic) bond motifs is 9. The van der Waals surface area contributed by atoms with Gasteiger partial charge in [-0.25, -0.2) is 0 Å². The van der Waals surface area contributed by atoms with Gasteiger partial charge in [-0.1, -0.05) is 124 Å². The first-order chi connectivity index (χ1) is 21.2. The van der Waals surface area contributed by atoms with Crippen LogP contribution in [0.4, 0.5) is 17.1 Å². The first-order valence-electron chi connectivity index (χ1n) is 15.7. The zero-order chi connectivity index (χ0) is 30.2. The summed E-state index contributed by atoms with van der Waals surface area (Å²) in [5.74, 6) is 0. The Kier molecular flexibility index (Phi) is 5.92. The lowest BCUT2D eigenvalue weighted by molar-refractivity contribution is 0.667. The number of benzene rings is 7. The summed E-state index contributed by atoms with van der Waals surface area (Å²) in [6, 6.07) is 49.8. The zero-order valence-corrected chi connectivity index (χ0v) is 27.1. The molecule has 1 nitrogen and oxygen atoms in total. The van der Waals surface area contributed by atoms with E-state index in [0.29, 0.717) is 0 Å². The van der Waals surface area contributed by atoms with Gasteiger partial charge in [0.25, 0.3) is 0 Å². The van der Waals surface area contributed by atoms with E-state index in [9.17, 15) is 0 Å². The lowest BCUT2D eigenvalue weighted by atomic mass is 9.79. The number of hydrogen-bond acceptors (Lipinski definition) is 1. The highest BCUT2D eigenvalue weighted by molar-refractivity contribution is 6.88. The molecule has 0 fully saturated rings. The molecule has 7 aromatic rings. The fourth-order valence-corrected chi connectivity index (χ4v) is 8.65. The van der Waals surface area contributed by atoms with Gasteiger partial charge in [-0.15, -0.1) is 0 Å². The highest BCUT2D eigenvalue weighted by Crippen LogP contribution is 2.55. The van der Waals surface area contributed by atoms with Crippen LogP contribution in [0.25, 0.3) is 43.4 Å². The predicted molar refractivity (Wildman–Crippen MR) is 194 cm³/mol. The van der Waals surface area contributed by atoms with Gasteiger partial charge in [0, 0.05) is 22.5 Å². The molecule has 0 atom stereocenters. The molecular weight excluding hydrogens is 547 g/mol. The van der Waals surface area contributed by atoms with E-state index in [1.165, 1.54) is 71.1 Å². The molecule has 0 bridgehead atoms. The number of anilines is 3. The minimum absolute atomic E-state index is 0.121. The summed E-state index contributed by atoms with van der Waals surface area (Å²) in [6.07, 6.45) is 0. The van der Waals surface area contributed by atoms with Gasteiger partial charge in [0.05, 0.1) is 8.07 Å². The Hall–Kier alpha value is -4.66. The lowest BCUT2D eigenvalue weighted by Crippen LogP contribution is -2.37. The van der Waals surface area contributed by atoms with Crippen LogP contribution in [-0.2, 0) is 5.41 Å². The summed E-state index contributed by atoms with van der Waals surface area (Å²) in [7, 11) is -1.40. The van der Waals surface area contributed by atoms with Gasteiger partial charge in [0.2, 0.25) is 0 Å². The highest BCUT2D eigenvalue weighted by atomic mass is 28.3. The van der Waals surface area contributed by atoms with Crippen LogP contribution >= 0.6 is 0 Å². The van der Waals surface area contributed by atoms with Crippen LogP contribution in [-0.4, -0.2) is 8.07 Å². The van der Waals surface area contributed by atoms with Crippen LogP contribution in [0.1, 0.15) is 25.0 Å². The minimum Gasteiger partial charge on any atom is -0.310 e. The third-order valence-corrected chi connectivity index (χ3v) is 11.8. The van der Waals surface area contributed by atoms with Gasteiger partial charge in [0.1, 0.15) is 0 Å². The van der Waals surface area contributed by atoms with Crippen LogP contribution in [0.15, 0.2) is 133 Å². The van der Waals surface area contributed by atoms with E-state index in [-0.39, 0.29) is 5.41 Å². The molecule has 0 aromatic heterocycles. The Morgan fingerprint density at radius 1 is 0.500 bits per heavy atom. The average molecular weight is 584 g/mol. The number of nitrogens with zero attached hydrogens (tertiary/aromatic N) is 1. The Bertz CT molecular complexity index is 2220. The van der Waals surface area contributed by atoms with E-state index >= 15 is 0 Å².